The van der Waals surface area contributed by atoms with Crippen LogP contribution in [0.1, 0.15) is 52.0 Å². The van der Waals surface area contributed by atoms with E-state index in [1.807, 2.05) is 19.2 Å². The summed E-state index contributed by atoms with van der Waals surface area (Å²) in [6.45, 7) is 7.08. The van der Waals surface area contributed by atoms with Gasteiger partial charge in [0.25, 0.3) is 0 Å². The molecule has 1 nitrogen and oxygen atoms in total. The number of rotatable bonds is 4. The quantitative estimate of drug-likeness (QED) is 0.839. The van der Waals surface area contributed by atoms with E-state index in [2.05, 4.69) is 26.1 Å². The minimum atomic E-state index is -0.126. The summed E-state index contributed by atoms with van der Waals surface area (Å²) in [6, 6.07) is 7.51. The van der Waals surface area contributed by atoms with Crippen molar-refractivity contribution in [1.82, 2.24) is 5.32 Å². The molecule has 2 heteroatoms. The molecule has 1 aromatic carbocycles. The van der Waals surface area contributed by atoms with Gasteiger partial charge in [0.05, 0.1) is 0 Å². The van der Waals surface area contributed by atoms with Gasteiger partial charge in [-0.2, -0.15) is 0 Å². The summed E-state index contributed by atoms with van der Waals surface area (Å²) in [5.41, 5.74) is 1.54. The van der Waals surface area contributed by atoms with Crippen LogP contribution in [0.3, 0.4) is 0 Å². The molecular weight excluding hydrogens is 261 g/mol. The Kier molecular flexibility index (Phi) is 5.43. The molecular formula is C19H30FN. The molecule has 1 fully saturated rings. The number of likely N-dealkylation sites (N-methyl/N-ethyl adjacent to an activating group) is 1. The highest BCUT2D eigenvalue weighted by Gasteiger charge is 2.32. The maximum absolute atomic E-state index is 13.3. The Morgan fingerprint density at radius 1 is 1.19 bits per heavy atom. The van der Waals surface area contributed by atoms with Crippen molar-refractivity contribution >= 4 is 0 Å². The number of hydrogen-bond donors (Lipinski definition) is 1. The van der Waals surface area contributed by atoms with Gasteiger partial charge in [0, 0.05) is 6.04 Å². The van der Waals surface area contributed by atoms with Crippen molar-refractivity contribution < 1.29 is 4.39 Å². The van der Waals surface area contributed by atoms with Gasteiger partial charge in [-0.1, -0.05) is 32.9 Å². The molecule has 1 aliphatic carbocycles. The molecule has 0 bridgehead atoms. The Bertz CT molecular complexity index is 441. The fourth-order valence-electron chi connectivity index (χ4n) is 3.81. The minimum Gasteiger partial charge on any atom is -0.316 e. The number of halogens is 1. The molecule has 1 N–H and O–H groups in total. The molecule has 118 valence electrons. The second-order valence-electron chi connectivity index (χ2n) is 7.71. The van der Waals surface area contributed by atoms with Gasteiger partial charge in [0.2, 0.25) is 0 Å². The second-order valence-corrected chi connectivity index (χ2v) is 7.71. The van der Waals surface area contributed by atoms with E-state index in [1.54, 1.807) is 6.07 Å². The van der Waals surface area contributed by atoms with E-state index in [0.29, 0.717) is 11.5 Å². The SMILES string of the molecule is CNC(Cc1cccc(F)c1)C1CCC(C(C)(C)C)CC1. The number of hydrogen-bond acceptors (Lipinski definition) is 1. The lowest BCUT2D eigenvalue weighted by atomic mass is 9.68. The zero-order valence-electron chi connectivity index (χ0n) is 14.0. The van der Waals surface area contributed by atoms with E-state index in [0.717, 1.165) is 23.8 Å². The zero-order valence-corrected chi connectivity index (χ0v) is 14.0. The van der Waals surface area contributed by atoms with Crippen LogP contribution < -0.4 is 5.32 Å². The molecule has 1 saturated carbocycles. The third-order valence-corrected chi connectivity index (χ3v) is 5.28. The highest BCUT2D eigenvalue weighted by molar-refractivity contribution is 5.17. The Morgan fingerprint density at radius 2 is 1.86 bits per heavy atom. The average Bonchev–Trinajstić information content (AvgIpc) is 2.44. The van der Waals surface area contributed by atoms with Crippen molar-refractivity contribution in [1.29, 1.82) is 0 Å². The summed E-state index contributed by atoms with van der Waals surface area (Å²) in [5, 5.41) is 3.47. The number of nitrogens with one attached hydrogen (secondary N) is 1. The van der Waals surface area contributed by atoms with E-state index in [1.165, 1.54) is 31.7 Å². The molecule has 0 saturated heterocycles. The van der Waals surface area contributed by atoms with E-state index in [-0.39, 0.29) is 5.82 Å². The third-order valence-electron chi connectivity index (χ3n) is 5.28. The molecule has 0 heterocycles. The van der Waals surface area contributed by atoms with Crippen LogP contribution in [0.15, 0.2) is 24.3 Å². The Balaban J connectivity index is 1.94. The van der Waals surface area contributed by atoms with E-state index < -0.39 is 0 Å². The van der Waals surface area contributed by atoms with Crippen LogP contribution in [-0.4, -0.2) is 13.1 Å². The van der Waals surface area contributed by atoms with Crippen molar-refractivity contribution in [3.05, 3.63) is 35.6 Å². The van der Waals surface area contributed by atoms with E-state index in [9.17, 15) is 4.39 Å². The first-order chi connectivity index (χ1) is 9.90. The van der Waals surface area contributed by atoms with Gasteiger partial charge in [-0.15, -0.1) is 0 Å². The summed E-state index contributed by atoms with van der Waals surface area (Å²) < 4.78 is 13.3. The van der Waals surface area contributed by atoms with Crippen LogP contribution in [-0.2, 0) is 6.42 Å². The van der Waals surface area contributed by atoms with Gasteiger partial charge < -0.3 is 5.32 Å². The summed E-state index contributed by atoms with van der Waals surface area (Å²) >= 11 is 0. The van der Waals surface area contributed by atoms with Crippen molar-refractivity contribution in [3.63, 3.8) is 0 Å². The molecule has 2 rings (SSSR count). The third kappa shape index (κ3) is 4.54. The monoisotopic (exact) mass is 291 g/mol. The predicted molar refractivity (Wildman–Crippen MR) is 87.9 cm³/mol. The summed E-state index contributed by atoms with van der Waals surface area (Å²) in [7, 11) is 2.04. The van der Waals surface area contributed by atoms with Crippen molar-refractivity contribution in [2.75, 3.05) is 7.05 Å². The van der Waals surface area contributed by atoms with Gasteiger partial charge in [0.1, 0.15) is 5.82 Å². The first-order valence-corrected chi connectivity index (χ1v) is 8.32. The first-order valence-electron chi connectivity index (χ1n) is 8.32. The highest BCUT2D eigenvalue weighted by atomic mass is 19.1. The molecule has 1 aromatic rings. The zero-order chi connectivity index (χ0) is 15.5. The fraction of sp³-hybridized carbons (Fsp3) is 0.684. The molecule has 1 unspecified atom stereocenters. The molecule has 0 radical (unpaired) electrons. The average molecular weight is 291 g/mol. The number of benzene rings is 1. The summed E-state index contributed by atoms with van der Waals surface area (Å²) in [6.07, 6.45) is 6.18. The highest BCUT2D eigenvalue weighted by Crippen LogP contribution is 2.41. The van der Waals surface area contributed by atoms with Gasteiger partial charge in [-0.25, -0.2) is 4.39 Å². The van der Waals surface area contributed by atoms with E-state index >= 15 is 0 Å². The Hall–Kier alpha value is -0.890. The maximum Gasteiger partial charge on any atom is 0.123 e. The molecule has 21 heavy (non-hydrogen) atoms. The van der Waals surface area contributed by atoms with Crippen LogP contribution in [0.5, 0.6) is 0 Å². The predicted octanol–water partition coefficient (Wildman–Crippen LogP) is 4.81. The van der Waals surface area contributed by atoms with Crippen LogP contribution in [0, 0.1) is 23.1 Å². The van der Waals surface area contributed by atoms with Gasteiger partial charge in [-0.05, 0) is 74.1 Å². The lowest BCUT2D eigenvalue weighted by Gasteiger charge is -2.39. The maximum atomic E-state index is 13.3. The molecule has 0 aromatic heterocycles. The molecule has 1 atom stereocenters. The van der Waals surface area contributed by atoms with Crippen molar-refractivity contribution in [2.45, 2.75) is 58.9 Å². The smallest absolute Gasteiger partial charge is 0.123 e. The lowest BCUT2D eigenvalue weighted by Crippen LogP contribution is -2.39. The minimum absolute atomic E-state index is 0.126. The molecule has 0 spiro atoms. The Morgan fingerprint density at radius 3 is 2.38 bits per heavy atom. The van der Waals surface area contributed by atoms with Crippen LogP contribution >= 0.6 is 0 Å². The van der Waals surface area contributed by atoms with Gasteiger partial charge in [0.15, 0.2) is 0 Å². The van der Waals surface area contributed by atoms with E-state index in [4.69, 9.17) is 0 Å². The topological polar surface area (TPSA) is 12.0 Å². The first kappa shape index (κ1) is 16.5. The molecule has 1 aliphatic rings. The van der Waals surface area contributed by atoms with Crippen LogP contribution in [0.4, 0.5) is 4.39 Å². The van der Waals surface area contributed by atoms with Crippen LogP contribution in [0.2, 0.25) is 0 Å². The largest absolute Gasteiger partial charge is 0.316 e. The normalized spacial score (nSPS) is 24.8. The summed E-state index contributed by atoms with van der Waals surface area (Å²) in [4.78, 5) is 0. The van der Waals surface area contributed by atoms with Crippen molar-refractivity contribution in [2.24, 2.45) is 17.3 Å². The van der Waals surface area contributed by atoms with Gasteiger partial charge in [-0.3, -0.25) is 0 Å². The summed E-state index contributed by atoms with van der Waals surface area (Å²) in [5.74, 6) is 1.44. The Labute approximate surface area is 129 Å². The fourth-order valence-corrected chi connectivity index (χ4v) is 3.81. The lowest BCUT2D eigenvalue weighted by molar-refractivity contribution is 0.134. The molecule has 0 aliphatic heterocycles. The van der Waals surface area contributed by atoms with Crippen molar-refractivity contribution in [3.8, 4) is 0 Å². The standard InChI is InChI=1S/C19H30FN/c1-19(2,3)16-10-8-15(9-11-16)18(21-4)13-14-6-5-7-17(20)12-14/h5-7,12,15-16,18,21H,8-11,13H2,1-4H3. The van der Waals surface area contributed by atoms with Gasteiger partial charge >= 0.3 is 0 Å². The van der Waals surface area contributed by atoms with Crippen LogP contribution in [0.25, 0.3) is 0 Å². The molecule has 0 amide bonds. The second kappa shape index (κ2) is 6.91.